The molecule has 0 aliphatic carbocycles. The minimum absolute atomic E-state index is 0.0913. The van der Waals surface area contributed by atoms with Crippen molar-refractivity contribution in [3.63, 3.8) is 0 Å². The van der Waals surface area contributed by atoms with Gasteiger partial charge in [0.15, 0.2) is 9.84 Å². The van der Waals surface area contributed by atoms with Crippen molar-refractivity contribution in [2.75, 3.05) is 18.9 Å². The number of hydrogen-bond donors (Lipinski definition) is 2. The summed E-state index contributed by atoms with van der Waals surface area (Å²) in [5.41, 5.74) is 0.982. The molecule has 1 unspecified atom stereocenters. The molecule has 0 aromatic heterocycles. The maximum Gasteiger partial charge on any atom is 0.178 e. The molecule has 0 bridgehead atoms. The lowest BCUT2D eigenvalue weighted by Crippen LogP contribution is -2.36. The number of aliphatic hydroxyl groups is 1. The number of benzene rings is 1. The van der Waals surface area contributed by atoms with Crippen LogP contribution in [-0.2, 0) is 9.84 Å². The van der Waals surface area contributed by atoms with Crippen LogP contribution in [0, 0.1) is 5.41 Å². The zero-order chi connectivity index (χ0) is 15.5. The number of nitrogens with one attached hydrogen (secondary N) is 1. The van der Waals surface area contributed by atoms with Gasteiger partial charge in [-0.25, -0.2) is 8.42 Å². The van der Waals surface area contributed by atoms with E-state index < -0.39 is 9.84 Å². The van der Waals surface area contributed by atoms with Gasteiger partial charge in [0.1, 0.15) is 0 Å². The van der Waals surface area contributed by atoms with Crippen LogP contribution in [0.1, 0.15) is 44.7 Å². The van der Waals surface area contributed by atoms with Gasteiger partial charge in [-0.3, -0.25) is 0 Å². The molecule has 21 heavy (non-hydrogen) atoms. The average Bonchev–Trinajstić information content (AvgIpc) is 2.45. The Bertz CT molecular complexity index is 581. The maximum atomic E-state index is 12.1. The molecule has 0 saturated carbocycles. The van der Waals surface area contributed by atoms with Gasteiger partial charge in [-0.1, -0.05) is 32.0 Å². The Morgan fingerprint density at radius 1 is 1.33 bits per heavy atom. The van der Waals surface area contributed by atoms with E-state index in [1.165, 1.54) is 0 Å². The molecule has 0 spiro atoms. The predicted molar refractivity (Wildman–Crippen MR) is 84.0 cm³/mol. The van der Waals surface area contributed by atoms with E-state index in [2.05, 4.69) is 19.2 Å². The van der Waals surface area contributed by atoms with Crippen LogP contribution in [0.5, 0.6) is 0 Å². The fourth-order valence-electron chi connectivity index (χ4n) is 2.85. The third kappa shape index (κ3) is 4.05. The predicted octanol–water partition coefficient (Wildman–Crippen LogP) is 2.29. The fourth-order valence-corrected chi connectivity index (χ4v) is 4.47. The zero-order valence-electron chi connectivity index (χ0n) is 12.8. The molecule has 5 heteroatoms. The van der Waals surface area contributed by atoms with Gasteiger partial charge in [0.25, 0.3) is 0 Å². The van der Waals surface area contributed by atoms with Crippen LogP contribution >= 0.6 is 0 Å². The van der Waals surface area contributed by atoms with Gasteiger partial charge in [0.05, 0.1) is 10.6 Å². The van der Waals surface area contributed by atoms with Crippen molar-refractivity contribution < 1.29 is 13.5 Å². The second kappa shape index (κ2) is 6.46. The highest BCUT2D eigenvalue weighted by atomic mass is 32.2. The number of rotatable bonds is 6. The quantitative estimate of drug-likeness (QED) is 0.846. The molecule has 0 amide bonds. The van der Waals surface area contributed by atoms with E-state index in [0.717, 1.165) is 24.9 Å². The molecule has 0 fully saturated rings. The summed E-state index contributed by atoms with van der Waals surface area (Å²) in [6.45, 7) is 5.36. The first-order valence-corrected chi connectivity index (χ1v) is 9.17. The zero-order valence-corrected chi connectivity index (χ0v) is 13.6. The highest BCUT2D eigenvalue weighted by Crippen LogP contribution is 2.33. The summed E-state index contributed by atoms with van der Waals surface area (Å²) < 4.78 is 24.2. The molecule has 4 nitrogen and oxygen atoms in total. The van der Waals surface area contributed by atoms with Crippen LogP contribution in [-0.4, -0.2) is 32.4 Å². The lowest BCUT2D eigenvalue weighted by Gasteiger charge is -2.31. The topological polar surface area (TPSA) is 66.4 Å². The summed E-state index contributed by atoms with van der Waals surface area (Å²) >= 11 is 0. The molecule has 118 valence electrons. The Balaban J connectivity index is 2.09. The van der Waals surface area contributed by atoms with E-state index >= 15 is 0 Å². The molecule has 2 rings (SSSR count). The minimum Gasteiger partial charge on any atom is -0.396 e. The Morgan fingerprint density at radius 2 is 2.05 bits per heavy atom. The highest BCUT2D eigenvalue weighted by molar-refractivity contribution is 7.91. The van der Waals surface area contributed by atoms with Gasteiger partial charge >= 0.3 is 0 Å². The number of aliphatic hydroxyl groups excluding tert-OH is 1. The van der Waals surface area contributed by atoms with Crippen molar-refractivity contribution in [1.29, 1.82) is 0 Å². The summed E-state index contributed by atoms with van der Waals surface area (Å²) in [5, 5.41) is 12.5. The molecule has 1 aliphatic rings. The van der Waals surface area contributed by atoms with Crippen molar-refractivity contribution in [1.82, 2.24) is 5.32 Å². The van der Waals surface area contributed by atoms with Crippen molar-refractivity contribution in [3.05, 3.63) is 29.8 Å². The molecule has 1 aliphatic heterocycles. The third-order valence-corrected chi connectivity index (χ3v) is 5.96. The highest BCUT2D eigenvalue weighted by Gasteiger charge is 2.30. The molecule has 1 aromatic carbocycles. The third-order valence-electron chi connectivity index (χ3n) is 4.14. The monoisotopic (exact) mass is 311 g/mol. The number of hydrogen-bond acceptors (Lipinski definition) is 4. The van der Waals surface area contributed by atoms with Gasteiger partial charge in [-0.05, 0) is 36.3 Å². The van der Waals surface area contributed by atoms with Gasteiger partial charge in [-0.2, -0.15) is 0 Å². The molecule has 1 aromatic rings. The molecular weight excluding hydrogens is 286 g/mol. The Hall–Kier alpha value is -0.910. The van der Waals surface area contributed by atoms with E-state index in [4.69, 9.17) is 5.11 Å². The van der Waals surface area contributed by atoms with E-state index in [-0.39, 0.29) is 23.8 Å². The summed E-state index contributed by atoms with van der Waals surface area (Å²) in [7, 11) is -3.12. The molecule has 1 atom stereocenters. The van der Waals surface area contributed by atoms with Gasteiger partial charge in [0, 0.05) is 19.2 Å². The van der Waals surface area contributed by atoms with E-state index in [9.17, 15) is 8.42 Å². The van der Waals surface area contributed by atoms with Crippen LogP contribution in [0.2, 0.25) is 0 Å². The van der Waals surface area contributed by atoms with Crippen molar-refractivity contribution in [2.24, 2.45) is 5.41 Å². The summed E-state index contributed by atoms with van der Waals surface area (Å²) in [4.78, 5) is 0.474. The first kappa shape index (κ1) is 16.5. The largest absolute Gasteiger partial charge is 0.396 e. The molecular formula is C16H25NO3S. The van der Waals surface area contributed by atoms with E-state index in [1.54, 1.807) is 12.1 Å². The lowest BCUT2D eigenvalue weighted by atomic mass is 9.87. The van der Waals surface area contributed by atoms with Crippen LogP contribution in [0.3, 0.4) is 0 Å². The molecule has 1 heterocycles. The van der Waals surface area contributed by atoms with Gasteiger partial charge < -0.3 is 10.4 Å². The Kier molecular flexibility index (Phi) is 5.07. The average molecular weight is 311 g/mol. The smallest absolute Gasteiger partial charge is 0.178 e. The summed E-state index contributed by atoms with van der Waals surface area (Å²) in [5.74, 6) is 0.207. The molecule has 0 saturated heterocycles. The van der Waals surface area contributed by atoms with Crippen LogP contribution in [0.15, 0.2) is 29.2 Å². The summed E-state index contributed by atoms with van der Waals surface area (Å²) in [6.07, 6.45) is 2.36. The summed E-state index contributed by atoms with van der Waals surface area (Å²) in [6, 6.07) is 7.38. The second-order valence-electron chi connectivity index (χ2n) is 6.57. The Labute approximate surface area is 127 Å². The van der Waals surface area contributed by atoms with Crippen molar-refractivity contribution >= 4 is 9.84 Å². The second-order valence-corrected chi connectivity index (χ2v) is 8.65. The lowest BCUT2D eigenvalue weighted by molar-refractivity contribution is 0.231. The SMILES string of the molecule is CC(C)(CCCO)CNC1CCS(=O)(=O)c2ccccc21. The minimum atomic E-state index is -3.12. The van der Waals surface area contributed by atoms with E-state index in [0.29, 0.717) is 11.3 Å². The first-order valence-electron chi connectivity index (χ1n) is 7.52. The maximum absolute atomic E-state index is 12.1. The standard InChI is InChI=1S/C16H25NO3S/c1-16(2,9-5-10-18)12-17-14-8-11-21(19,20)15-7-4-3-6-13(14)15/h3-4,6-7,14,17-18H,5,8-12H2,1-2H3. The van der Waals surface area contributed by atoms with Gasteiger partial charge in [-0.15, -0.1) is 0 Å². The number of fused-ring (bicyclic) bond motifs is 1. The fraction of sp³-hybridized carbons (Fsp3) is 0.625. The van der Waals surface area contributed by atoms with E-state index in [1.807, 2.05) is 12.1 Å². The van der Waals surface area contributed by atoms with Crippen molar-refractivity contribution in [2.45, 2.75) is 44.0 Å². The Morgan fingerprint density at radius 3 is 2.76 bits per heavy atom. The van der Waals surface area contributed by atoms with Crippen LogP contribution in [0.4, 0.5) is 0 Å². The van der Waals surface area contributed by atoms with Gasteiger partial charge in [0.2, 0.25) is 0 Å². The molecule has 2 N–H and O–H groups in total. The van der Waals surface area contributed by atoms with Crippen LogP contribution < -0.4 is 5.32 Å². The van der Waals surface area contributed by atoms with Crippen molar-refractivity contribution in [3.8, 4) is 0 Å². The molecule has 0 radical (unpaired) electrons. The first-order chi connectivity index (χ1) is 9.86. The van der Waals surface area contributed by atoms with Crippen LogP contribution in [0.25, 0.3) is 0 Å². The normalized spacial score (nSPS) is 21.0. The number of sulfone groups is 1.